The topological polar surface area (TPSA) is 66.4 Å². The van der Waals surface area contributed by atoms with Gasteiger partial charge in [0.15, 0.2) is 0 Å². The second-order valence-corrected chi connectivity index (χ2v) is 6.89. The largest absolute Gasteiger partial charge is 0.481 e. The van der Waals surface area contributed by atoms with Gasteiger partial charge in [0, 0.05) is 16.6 Å². The van der Waals surface area contributed by atoms with E-state index < -0.39 is 16.8 Å². The molecule has 4 nitrogen and oxygen atoms in total. The molecule has 0 spiro atoms. The molecule has 2 rings (SSSR count). The molecule has 1 aliphatic rings. The van der Waals surface area contributed by atoms with Gasteiger partial charge in [0.1, 0.15) is 0 Å². The summed E-state index contributed by atoms with van der Waals surface area (Å²) in [7, 11) is 0. The average Bonchev–Trinajstić information content (AvgIpc) is 2.61. The minimum Gasteiger partial charge on any atom is -0.481 e. The maximum Gasteiger partial charge on any atom is 0.309 e. The number of carbonyl (C=O) groups is 2. The first-order valence-corrected chi connectivity index (χ1v) is 7.36. The van der Waals surface area contributed by atoms with Crippen molar-refractivity contribution in [2.75, 3.05) is 5.32 Å². The standard InChI is InChI=1S/C16H20ClNO3/c1-15(2)12(7-8-16(15,3)14(20)21)13(19)18-11-6-4-5-10(17)9-11/h4-6,9,12H,7-8H2,1-3H3,(H,18,19)(H,20,21)/t12-,16-/m0/s1. The fraction of sp³-hybridized carbons (Fsp3) is 0.500. The number of carboxylic acid groups (broad SMARTS) is 1. The van der Waals surface area contributed by atoms with Gasteiger partial charge in [-0.3, -0.25) is 9.59 Å². The Morgan fingerprint density at radius 2 is 2.00 bits per heavy atom. The fourth-order valence-corrected chi connectivity index (χ4v) is 3.33. The lowest BCUT2D eigenvalue weighted by molar-refractivity contribution is -0.154. The van der Waals surface area contributed by atoms with Gasteiger partial charge in [0.2, 0.25) is 5.91 Å². The lowest BCUT2D eigenvalue weighted by atomic mass is 9.65. The van der Waals surface area contributed by atoms with Crippen LogP contribution in [0, 0.1) is 16.7 Å². The van der Waals surface area contributed by atoms with Crippen molar-refractivity contribution in [3.8, 4) is 0 Å². The van der Waals surface area contributed by atoms with Gasteiger partial charge >= 0.3 is 5.97 Å². The molecule has 21 heavy (non-hydrogen) atoms. The van der Waals surface area contributed by atoms with Crippen LogP contribution in [-0.4, -0.2) is 17.0 Å². The SMILES string of the molecule is CC1(C)[C@H](C(=O)Nc2cccc(Cl)c2)CC[C@@]1(C)C(=O)O. The van der Waals surface area contributed by atoms with Crippen molar-refractivity contribution < 1.29 is 14.7 Å². The van der Waals surface area contributed by atoms with Crippen LogP contribution in [0.3, 0.4) is 0 Å². The number of benzene rings is 1. The third-order valence-corrected chi connectivity index (χ3v) is 5.34. The van der Waals surface area contributed by atoms with Gasteiger partial charge < -0.3 is 10.4 Å². The normalized spacial score (nSPS) is 27.3. The van der Waals surface area contributed by atoms with Gasteiger partial charge in [0.05, 0.1) is 5.41 Å². The lowest BCUT2D eigenvalue weighted by Crippen LogP contribution is -2.43. The van der Waals surface area contributed by atoms with Gasteiger partial charge in [0.25, 0.3) is 0 Å². The summed E-state index contributed by atoms with van der Waals surface area (Å²) in [4.78, 5) is 24.1. The number of anilines is 1. The molecule has 5 heteroatoms. The molecule has 0 bridgehead atoms. The van der Waals surface area contributed by atoms with E-state index in [4.69, 9.17) is 11.6 Å². The second kappa shape index (κ2) is 5.34. The Labute approximate surface area is 129 Å². The molecule has 0 unspecified atom stereocenters. The Hall–Kier alpha value is -1.55. The van der Waals surface area contributed by atoms with E-state index in [0.717, 1.165) is 0 Å². The van der Waals surface area contributed by atoms with Crippen molar-refractivity contribution >= 4 is 29.2 Å². The Morgan fingerprint density at radius 3 is 2.52 bits per heavy atom. The smallest absolute Gasteiger partial charge is 0.309 e. The fourth-order valence-electron chi connectivity index (χ4n) is 3.14. The average molecular weight is 310 g/mol. The zero-order chi connectivity index (χ0) is 15.8. The van der Waals surface area contributed by atoms with E-state index in [0.29, 0.717) is 23.6 Å². The Balaban J connectivity index is 2.19. The highest BCUT2D eigenvalue weighted by molar-refractivity contribution is 6.30. The van der Waals surface area contributed by atoms with Gasteiger partial charge in [-0.05, 0) is 43.4 Å². The summed E-state index contributed by atoms with van der Waals surface area (Å²) in [5, 5.41) is 12.9. The first-order valence-electron chi connectivity index (χ1n) is 6.98. The monoisotopic (exact) mass is 309 g/mol. The molecule has 0 saturated heterocycles. The van der Waals surface area contributed by atoms with E-state index in [-0.39, 0.29) is 11.8 Å². The molecule has 1 aromatic carbocycles. The molecule has 1 saturated carbocycles. The summed E-state index contributed by atoms with van der Waals surface area (Å²) in [6.07, 6.45) is 1.07. The van der Waals surface area contributed by atoms with Crippen LogP contribution >= 0.6 is 11.6 Å². The summed E-state index contributed by atoms with van der Waals surface area (Å²) in [5.41, 5.74) is -0.864. The molecule has 0 aromatic heterocycles. The molecule has 0 heterocycles. The van der Waals surface area contributed by atoms with Crippen molar-refractivity contribution in [1.82, 2.24) is 0 Å². The van der Waals surface area contributed by atoms with Crippen molar-refractivity contribution in [3.63, 3.8) is 0 Å². The third kappa shape index (κ3) is 2.64. The summed E-state index contributed by atoms with van der Waals surface area (Å²) in [6.45, 7) is 5.44. The first-order chi connectivity index (χ1) is 9.68. The number of amides is 1. The zero-order valence-corrected chi connectivity index (χ0v) is 13.2. The lowest BCUT2D eigenvalue weighted by Gasteiger charge is -2.37. The number of carboxylic acids is 1. The van der Waals surface area contributed by atoms with Crippen molar-refractivity contribution in [2.45, 2.75) is 33.6 Å². The van der Waals surface area contributed by atoms with E-state index in [9.17, 15) is 14.7 Å². The summed E-state index contributed by atoms with van der Waals surface area (Å²) in [5.74, 6) is -1.32. The van der Waals surface area contributed by atoms with E-state index in [1.807, 2.05) is 13.8 Å². The van der Waals surface area contributed by atoms with Gasteiger partial charge in [-0.1, -0.05) is 31.5 Å². The van der Waals surface area contributed by atoms with E-state index in [1.54, 1.807) is 31.2 Å². The predicted octanol–water partition coefficient (Wildman–Crippen LogP) is 3.81. The minimum absolute atomic E-state index is 0.146. The van der Waals surface area contributed by atoms with Crippen molar-refractivity contribution in [1.29, 1.82) is 0 Å². The molecule has 114 valence electrons. The molecule has 2 N–H and O–H groups in total. The number of rotatable bonds is 3. The van der Waals surface area contributed by atoms with Crippen LogP contribution in [0.5, 0.6) is 0 Å². The summed E-state index contributed by atoms with van der Waals surface area (Å²) in [6, 6.07) is 6.94. The van der Waals surface area contributed by atoms with Gasteiger partial charge in [-0.2, -0.15) is 0 Å². The van der Waals surface area contributed by atoms with Crippen LogP contribution in [0.1, 0.15) is 33.6 Å². The number of hydrogen-bond acceptors (Lipinski definition) is 2. The van der Waals surface area contributed by atoms with Crippen LogP contribution < -0.4 is 5.32 Å². The number of aliphatic carboxylic acids is 1. The highest BCUT2D eigenvalue weighted by Gasteiger charge is 2.58. The summed E-state index contributed by atoms with van der Waals surface area (Å²) >= 11 is 5.90. The molecule has 0 aliphatic heterocycles. The Morgan fingerprint density at radius 1 is 1.33 bits per heavy atom. The van der Waals surface area contributed by atoms with E-state index in [2.05, 4.69) is 5.32 Å². The Bertz CT molecular complexity index is 585. The molecule has 0 radical (unpaired) electrons. The third-order valence-electron chi connectivity index (χ3n) is 5.11. The molecular formula is C16H20ClNO3. The van der Waals surface area contributed by atoms with Crippen LogP contribution in [0.15, 0.2) is 24.3 Å². The summed E-state index contributed by atoms with van der Waals surface area (Å²) < 4.78 is 0. The molecular weight excluding hydrogens is 290 g/mol. The minimum atomic E-state index is -0.886. The maximum atomic E-state index is 12.5. The molecule has 1 aromatic rings. The van der Waals surface area contributed by atoms with Gasteiger partial charge in [-0.25, -0.2) is 0 Å². The van der Waals surface area contributed by atoms with Crippen molar-refractivity contribution in [2.24, 2.45) is 16.7 Å². The van der Waals surface area contributed by atoms with Crippen LogP contribution in [0.4, 0.5) is 5.69 Å². The number of hydrogen-bond donors (Lipinski definition) is 2. The Kier molecular flexibility index (Phi) is 4.02. The first kappa shape index (κ1) is 15.8. The molecule has 1 amide bonds. The predicted molar refractivity (Wildman–Crippen MR) is 82.3 cm³/mol. The maximum absolute atomic E-state index is 12.5. The van der Waals surface area contributed by atoms with E-state index >= 15 is 0 Å². The van der Waals surface area contributed by atoms with Crippen LogP contribution in [0.2, 0.25) is 5.02 Å². The highest BCUT2D eigenvalue weighted by atomic mass is 35.5. The molecule has 2 atom stereocenters. The van der Waals surface area contributed by atoms with Crippen molar-refractivity contribution in [3.05, 3.63) is 29.3 Å². The number of nitrogens with one attached hydrogen (secondary N) is 1. The highest BCUT2D eigenvalue weighted by Crippen LogP contribution is 2.56. The zero-order valence-electron chi connectivity index (χ0n) is 12.4. The number of halogens is 1. The second-order valence-electron chi connectivity index (χ2n) is 6.45. The number of carbonyl (C=O) groups excluding carboxylic acids is 1. The molecule has 1 fully saturated rings. The molecule has 1 aliphatic carbocycles. The van der Waals surface area contributed by atoms with Gasteiger partial charge in [-0.15, -0.1) is 0 Å². The van der Waals surface area contributed by atoms with E-state index in [1.165, 1.54) is 0 Å². The quantitative estimate of drug-likeness (QED) is 0.892. The van der Waals surface area contributed by atoms with Crippen LogP contribution in [-0.2, 0) is 9.59 Å². The van der Waals surface area contributed by atoms with Crippen LogP contribution in [0.25, 0.3) is 0 Å².